The summed E-state index contributed by atoms with van der Waals surface area (Å²) in [5.74, 6) is 1.80. The smallest absolute Gasteiger partial charge is 0.230 e. The van der Waals surface area contributed by atoms with Gasteiger partial charge in [0.1, 0.15) is 5.75 Å². The molecule has 0 radical (unpaired) electrons. The predicted molar refractivity (Wildman–Crippen MR) is 121 cm³/mol. The normalized spacial score (nSPS) is 11.8. The fourth-order valence-electron chi connectivity index (χ4n) is 3.06. The molecule has 0 spiro atoms. The molecule has 1 amide bonds. The average molecular weight is 425 g/mol. The van der Waals surface area contributed by atoms with Crippen molar-refractivity contribution in [1.82, 2.24) is 20.1 Å². The monoisotopic (exact) mass is 424 g/mol. The number of carbonyl (C=O) groups is 1. The van der Waals surface area contributed by atoms with Gasteiger partial charge in [0.15, 0.2) is 11.0 Å². The molecular weight excluding hydrogens is 396 g/mol. The third kappa shape index (κ3) is 5.63. The maximum atomic E-state index is 12.2. The van der Waals surface area contributed by atoms with Crippen molar-refractivity contribution in [3.05, 3.63) is 60.2 Å². The zero-order chi connectivity index (χ0) is 21.3. The van der Waals surface area contributed by atoms with E-state index in [1.807, 2.05) is 49.4 Å². The number of aryl methyl sites for hydroxylation is 1. The van der Waals surface area contributed by atoms with E-state index in [9.17, 15) is 4.79 Å². The highest BCUT2D eigenvalue weighted by atomic mass is 32.2. The summed E-state index contributed by atoms with van der Waals surface area (Å²) >= 11 is 1.41. The van der Waals surface area contributed by atoms with Crippen molar-refractivity contribution in [2.45, 2.75) is 44.4 Å². The number of carbonyl (C=O) groups excluding carboxylic acids is 1. The van der Waals surface area contributed by atoms with Crippen LogP contribution < -0.4 is 10.1 Å². The van der Waals surface area contributed by atoms with Crippen LogP contribution in [-0.4, -0.2) is 39.6 Å². The summed E-state index contributed by atoms with van der Waals surface area (Å²) in [6, 6.07) is 18.3. The van der Waals surface area contributed by atoms with Crippen molar-refractivity contribution < 1.29 is 9.53 Å². The van der Waals surface area contributed by atoms with Crippen molar-refractivity contribution >= 4 is 17.7 Å². The average Bonchev–Trinajstić information content (AvgIpc) is 3.19. The van der Waals surface area contributed by atoms with Gasteiger partial charge in [-0.15, -0.1) is 10.2 Å². The van der Waals surface area contributed by atoms with Crippen LogP contribution in [0.25, 0.3) is 11.4 Å². The molecule has 3 rings (SSSR count). The highest BCUT2D eigenvalue weighted by Crippen LogP contribution is 2.31. The van der Waals surface area contributed by atoms with E-state index in [1.54, 1.807) is 7.11 Å². The SMILES string of the molecule is CCC(C)NC(=O)CSc1nnc(-c2ccccc2OC)n1CCc1ccccc1. The Hall–Kier alpha value is -2.80. The van der Waals surface area contributed by atoms with Crippen molar-refractivity contribution in [1.29, 1.82) is 0 Å². The zero-order valence-electron chi connectivity index (χ0n) is 17.7. The van der Waals surface area contributed by atoms with Gasteiger partial charge in [0, 0.05) is 12.6 Å². The minimum absolute atomic E-state index is 0.00537. The van der Waals surface area contributed by atoms with E-state index in [4.69, 9.17) is 4.74 Å². The Kier molecular flexibility index (Phi) is 7.90. The van der Waals surface area contributed by atoms with E-state index in [-0.39, 0.29) is 11.9 Å². The van der Waals surface area contributed by atoms with Gasteiger partial charge in [0.25, 0.3) is 0 Å². The third-order valence-corrected chi connectivity index (χ3v) is 5.85. The molecular formula is C23H28N4O2S. The summed E-state index contributed by atoms with van der Waals surface area (Å²) in [6.07, 6.45) is 1.75. The Morgan fingerprint density at radius 2 is 1.87 bits per heavy atom. The summed E-state index contributed by atoms with van der Waals surface area (Å²) in [5, 5.41) is 12.6. The molecule has 158 valence electrons. The number of nitrogens with zero attached hydrogens (tertiary/aromatic N) is 3. The first-order chi connectivity index (χ1) is 14.6. The lowest BCUT2D eigenvalue weighted by Gasteiger charge is -2.13. The largest absolute Gasteiger partial charge is 0.496 e. The predicted octanol–water partition coefficient (Wildman–Crippen LogP) is 4.20. The van der Waals surface area contributed by atoms with Crippen LogP contribution in [0.3, 0.4) is 0 Å². The Balaban J connectivity index is 1.84. The molecule has 6 nitrogen and oxygen atoms in total. The molecule has 0 saturated heterocycles. The second kappa shape index (κ2) is 10.8. The van der Waals surface area contributed by atoms with Gasteiger partial charge >= 0.3 is 0 Å². The molecule has 1 heterocycles. The minimum atomic E-state index is 0.00537. The van der Waals surface area contributed by atoms with Gasteiger partial charge in [-0.3, -0.25) is 4.79 Å². The van der Waals surface area contributed by atoms with Gasteiger partial charge in [-0.2, -0.15) is 0 Å². The molecule has 0 bridgehead atoms. The number of ether oxygens (including phenoxy) is 1. The Morgan fingerprint density at radius 1 is 1.13 bits per heavy atom. The Morgan fingerprint density at radius 3 is 2.60 bits per heavy atom. The number of methoxy groups -OCH3 is 1. The topological polar surface area (TPSA) is 69.0 Å². The molecule has 0 aliphatic rings. The molecule has 0 aliphatic heterocycles. The summed E-state index contributed by atoms with van der Waals surface area (Å²) in [4.78, 5) is 12.2. The Labute approximate surface area is 182 Å². The lowest BCUT2D eigenvalue weighted by molar-refractivity contribution is -0.119. The number of benzene rings is 2. The number of nitrogens with one attached hydrogen (secondary N) is 1. The number of rotatable bonds is 10. The van der Waals surface area contributed by atoms with Crippen molar-refractivity contribution in [3.8, 4) is 17.1 Å². The highest BCUT2D eigenvalue weighted by Gasteiger charge is 2.18. The summed E-state index contributed by atoms with van der Waals surface area (Å²) in [5.41, 5.74) is 2.12. The van der Waals surface area contributed by atoms with Crippen LogP contribution in [0.4, 0.5) is 0 Å². The van der Waals surface area contributed by atoms with E-state index in [0.29, 0.717) is 12.3 Å². The van der Waals surface area contributed by atoms with Crippen LogP contribution in [0, 0.1) is 0 Å². The van der Waals surface area contributed by atoms with Crippen LogP contribution >= 0.6 is 11.8 Å². The Bertz CT molecular complexity index is 959. The number of amides is 1. The van der Waals surface area contributed by atoms with E-state index in [0.717, 1.165) is 35.1 Å². The van der Waals surface area contributed by atoms with Crippen LogP contribution in [-0.2, 0) is 17.8 Å². The van der Waals surface area contributed by atoms with Gasteiger partial charge in [0.2, 0.25) is 5.91 Å². The van der Waals surface area contributed by atoms with E-state index >= 15 is 0 Å². The number of thioether (sulfide) groups is 1. The first-order valence-electron chi connectivity index (χ1n) is 10.1. The molecule has 2 aromatic carbocycles. The van der Waals surface area contributed by atoms with Gasteiger partial charge < -0.3 is 14.6 Å². The third-order valence-electron chi connectivity index (χ3n) is 4.88. The van der Waals surface area contributed by atoms with E-state index in [2.05, 4.69) is 39.1 Å². The highest BCUT2D eigenvalue weighted by molar-refractivity contribution is 7.99. The molecule has 30 heavy (non-hydrogen) atoms. The van der Waals surface area contributed by atoms with Crippen molar-refractivity contribution in [2.24, 2.45) is 0 Å². The molecule has 1 N–H and O–H groups in total. The van der Waals surface area contributed by atoms with Gasteiger partial charge in [0.05, 0.1) is 18.4 Å². The molecule has 3 aromatic rings. The second-order valence-electron chi connectivity index (χ2n) is 7.06. The first-order valence-corrected chi connectivity index (χ1v) is 11.1. The van der Waals surface area contributed by atoms with Crippen LogP contribution in [0.1, 0.15) is 25.8 Å². The van der Waals surface area contributed by atoms with Gasteiger partial charge in [-0.25, -0.2) is 0 Å². The van der Waals surface area contributed by atoms with Crippen molar-refractivity contribution in [2.75, 3.05) is 12.9 Å². The molecule has 1 aromatic heterocycles. The fraction of sp³-hybridized carbons (Fsp3) is 0.348. The summed E-state index contributed by atoms with van der Waals surface area (Å²) < 4.78 is 7.60. The standard InChI is InChI=1S/C23H28N4O2S/c1-4-17(2)24-21(28)16-30-23-26-25-22(19-12-8-9-13-20(19)29-3)27(23)15-14-18-10-6-5-7-11-18/h5-13,17H,4,14-16H2,1-3H3,(H,24,28). The molecule has 0 aliphatic carbocycles. The summed E-state index contributed by atoms with van der Waals surface area (Å²) in [7, 11) is 1.65. The van der Waals surface area contributed by atoms with E-state index in [1.165, 1.54) is 17.3 Å². The maximum absolute atomic E-state index is 12.2. The molecule has 7 heteroatoms. The number of hydrogen-bond donors (Lipinski definition) is 1. The quantitative estimate of drug-likeness (QED) is 0.494. The van der Waals surface area contributed by atoms with Crippen LogP contribution in [0.5, 0.6) is 5.75 Å². The second-order valence-corrected chi connectivity index (χ2v) is 8.00. The maximum Gasteiger partial charge on any atom is 0.230 e. The van der Waals surface area contributed by atoms with Crippen molar-refractivity contribution in [3.63, 3.8) is 0 Å². The fourth-order valence-corrected chi connectivity index (χ4v) is 3.84. The molecule has 1 unspecified atom stereocenters. The lowest BCUT2D eigenvalue weighted by Crippen LogP contribution is -2.33. The molecule has 0 fully saturated rings. The lowest BCUT2D eigenvalue weighted by atomic mass is 10.1. The first kappa shape index (κ1) is 21.9. The summed E-state index contributed by atoms with van der Waals surface area (Å²) in [6.45, 7) is 4.77. The molecule has 1 atom stereocenters. The number of hydrogen-bond acceptors (Lipinski definition) is 5. The minimum Gasteiger partial charge on any atom is -0.496 e. The number of para-hydroxylation sites is 1. The van der Waals surface area contributed by atoms with Gasteiger partial charge in [-0.1, -0.05) is 61.2 Å². The zero-order valence-corrected chi connectivity index (χ0v) is 18.5. The van der Waals surface area contributed by atoms with Crippen LogP contribution in [0.15, 0.2) is 59.8 Å². The van der Waals surface area contributed by atoms with Gasteiger partial charge in [-0.05, 0) is 37.5 Å². The van der Waals surface area contributed by atoms with Crippen LogP contribution in [0.2, 0.25) is 0 Å². The van der Waals surface area contributed by atoms with E-state index < -0.39 is 0 Å². The molecule has 0 saturated carbocycles. The number of aromatic nitrogens is 3.